The van der Waals surface area contributed by atoms with Crippen molar-refractivity contribution in [3.05, 3.63) is 121 Å². The highest BCUT2D eigenvalue weighted by molar-refractivity contribution is 7.20. The van der Waals surface area contributed by atoms with Crippen LogP contribution in [0, 0.1) is 22.9 Å². The number of nitro groups is 1. The Morgan fingerprint density at radius 1 is 1.11 bits per heavy atom. The smallest absolute Gasteiger partial charge is 0.275 e. The summed E-state index contributed by atoms with van der Waals surface area (Å²) in [6.07, 6.45) is 1.36. The lowest BCUT2D eigenvalue weighted by Gasteiger charge is -2.09. The molecule has 1 amide bonds. The number of carbonyl (C=O) groups is 1. The molecule has 0 saturated carbocycles. The summed E-state index contributed by atoms with van der Waals surface area (Å²) in [6.45, 7) is 1.76. The molecule has 0 spiro atoms. The third-order valence-electron chi connectivity index (χ3n) is 5.70. The Morgan fingerprint density at radius 3 is 2.63 bits per heavy atom. The summed E-state index contributed by atoms with van der Waals surface area (Å²) in [5.41, 5.74) is 0.561. The number of hydrogen-bond donors (Lipinski definition) is 1. The molecule has 3 aromatic carbocycles. The van der Waals surface area contributed by atoms with Crippen molar-refractivity contribution >= 4 is 38.8 Å². The molecule has 0 atom stereocenters. The molecule has 9 nitrogen and oxygen atoms in total. The first-order valence-electron chi connectivity index (χ1n) is 11.3. The molecule has 2 aromatic heterocycles. The van der Waals surface area contributed by atoms with E-state index in [0.717, 1.165) is 11.3 Å². The van der Waals surface area contributed by atoms with Gasteiger partial charge in [-0.25, -0.2) is 9.37 Å². The number of nitro benzene ring substituents is 1. The number of non-ortho nitro benzene ring substituents is 1. The maximum absolute atomic E-state index is 13.6. The zero-order valence-corrected chi connectivity index (χ0v) is 20.7. The first kappa shape index (κ1) is 24.8. The van der Waals surface area contributed by atoms with Crippen molar-refractivity contribution in [3.8, 4) is 11.5 Å². The van der Waals surface area contributed by atoms with E-state index in [1.165, 1.54) is 41.2 Å². The van der Waals surface area contributed by atoms with E-state index >= 15 is 0 Å². The number of aromatic nitrogens is 2. The number of halogens is 1. The normalized spacial score (nSPS) is 10.9. The number of carbonyl (C=O) groups excluding carboxylic acids is 1. The van der Waals surface area contributed by atoms with Gasteiger partial charge in [0.1, 0.15) is 22.1 Å². The van der Waals surface area contributed by atoms with Crippen LogP contribution in [0.4, 0.5) is 15.8 Å². The third-order valence-corrected chi connectivity index (χ3v) is 6.90. The van der Waals surface area contributed by atoms with Gasteiger partial charge in [0.15, 0.2) is 0 Å². The molecule has 5 rings (SSSR count). The molecule has 11 heteroatoms. The summed E-state index contributed by atoms with van der Waals surface area (Å²) in [6, 6.07) is 18.6. The lowest BCUT2D eigenvalue weighted by molar-refractivity contribution is -0.384. The van der Waals surface area contributed by atoms with Gasteiger partial charge in [-0.05, 0) is 42.3 Å². The zero-order valence-electron chi connectivity index (χ0n) is 19.9. The Bertz CT molecular complexity index is 1750. The molecule has 1 N–H and O–H groups in total. The molecular formula is C27H19FN4O5S. The number of ether oxygens (including phenoxy) is 1. The minimum atomic E-state index is -0.580. The highest BCUT2D eigenvalue weighted by atomic mass is 32.1. The summed E-state index contributed by atoms with van der Waals surface area (Å²) in [7, 11) is 0. The van der Waals surface area contributed by atoms with Crippen LogP contribution >= 0.6 is 11.3 Å². The Morgan fingerprint density at radius 2 is 1.89 bits per heavy atom. The molecule has 0 aliphatic carbocycles. The number of aryl methyl sites for hydroxylation is 1. The van der Waals surface area contributed by atoms with Crippen molar-refractivity contribution in [1.29, 1.82) is 0 Å². The SMILES string of the molecule is Cc1c(C(=O)Nc2cc(Oc3ccccc3)cc([N+](=O)[O-])c2)sc2ncn(Cc3cccc(F)c3)c(=O)c12. The van der Waals surface area contributed by atoms with E-state index in [-0.39, 0.29) is 39.5 Å². The largest absolute Gasteiger partial charge is 0.457 e. The number of nitrogens with one attached hydrogen (secondary N) is 1. The minimum Gasteiger partial charge on any atom is -0.457 e. The van der Waals surface area contributed by atoms with Crippen LogP contribution in [-0.4, -0.2) is 20.4 Å². The number of benzene rings is 3. The Hall–Kier alpha value is -4.90. The molecule has 38 heavy (non-hydrogen) atoms. The van der Waals surface area contributed by atoms with Crippen LogP contribution in [0.2, 0.25) is 0 Å². The fourth-order valence-electron chi connectivity index (χ4n) is 3.95. The second-order valence-electron chi connectivity index (χ2n) is 8.39. The quantitative estimate of drug-likeness (QED) is 0.207. The molecule has 5 aromatic rings. The highest BCUT2D eigenvalue weighted by Crippen LogP contribution is 2.32. The van der Waals surface area contributed by atoms with Crippen molar-refractivity contribution in [1.82, 2.24) is 9.55 Å². The molecular weight excluding hydrogens is 511 g/mol. The van der Waals surface area contributed by atoms with E-state index in [2.05, 4.69) is 10.3 Å². The lowest BCUT2D eigenvalue weighted by atomic mass is 10.2. The molecule has 0 aliphatic rings. The van der Waals surface area contributed by atoms with Crippen molar-refractivity contribution in [2.75, 3.05) is 5.32 Å². The van der Waals surface area contributed by atoms with E-state index in [1.54, 1.807) is 43.3 Å². The van der Waals surface area contributed by atoms with E-state index < -0.39 is 16.6 Å². The lowest BCUT2D eigenvalue weighted by Crippen LogP contribution is -2.21. The van der Waals surface area contributed by atoms with Crippen LogP contribution < -0.4 is 15.6 Å². The second-order valence-corrected chi connectivity index (χ2v) is 9.38. The molecule has 0 saturated heterocycles. The number of anilines is 1. The van der Waals surface area contributed by atoms with Crippen LogP contribution in [0.5, 0.6) is 11.5 Å². The van der Waals surface area contributed by atoms with Crippen LogP contribution in [0.3, 0.4) is 0 Å². The summed E-state index contributed by atoms with van der Waals surface area (Å²) in [5.74, 6) is -0.302. The van der Waals surface area contributed by atoms with Gasteiger partial charge in [-0.1, -0.05) is 30.3 Å². The third kappa shape index (κ3) is 5.13. The van der Waals surface area contributed by atoms with Gasteiger partial charge < -0.3 is 10.1 Å². The van der Waals surface area contributed by atoms with Gasteiger partial charge in [-0.15, -0.1) is 11.3 Å². The number of thiophene rings is 1. The number of para-hydroxylation sites is 1. The predicted molar refractivity (Wildman–Crippen MR) is 142 cm³/mol. The second kappa shape index (κ2) is 10.2. The molecule has 0 bridgehead atoms. The molecule has 2 heterocycles. The average Bonchev–Trinajstić information content (AvgIpc) is 3.23. The van der Waals surface area contributed by atoms with E-state index in [0.29, 0.717) is 21.7 Å². The van der Waals surface area contributed by atoms with Gasteiger partial charge in [0.05, 0.1) is 39.8 Å². The number of hydrogen-bond acceptors (Lipinski definition) is 7. The van der Waals surface area contributed by atoms with Gasteiger partial charge in [0, 0.05) is 12.1 Å². The maximum atomic E-state index is 13.6. The van der Waals surface area contributed by atoms with E-state index in [1.807, 2.05) is 6.07 Å². The minimum absolute atomic E-state index is 0.119. The summed E-state index contributed by atoms with van der Waals surface area (Å²) >= 11 is 1.04. The van der Waals surface area contributed by atoms with Crippen molar-refractivity contribution in [3.63, 3.8) is 0 Å². The average molecular weight is 531 g/mol. The maximum Gasteiger partial charge on any atom is 0.275 e. The topological polar surface area (TPSA) is 116 Å². The summed E-state index contributed by atoms with van der Waals surface area (Å²) < 4.78 is 20.6. The Labute approximate surface area is 218 Å². The van der Waals surface area contributed by atoms with Crippen LogP contribution in [0.25, 0.3) is 10.2 Å². The number of nitrogens with zero attached hydrogens (tertiary/aromatic N) is 3. The van der Waals surface area contributed by atoms with E-state index in [4.69, 9.17) is 4.74 Å². The zero-order chi connectivity index (χ0) is 26.8. The fraction of sp³-hybridized carbons (Fsp3) is 0.0741. The van der Waals surface area contributed by atoms with Gasteiger partial charge in [-0.3, -0.25) is 24.3 Å². The van der Waals surface area contributed by atoms with Crippen molar-refractivity contribution < 1.29 is 18.8 Å². The molecule has 0 fully saturated rings. The Kier molecular flexibility index (Phi) is 6.67. The van der Waals surface area contributed by atoms with Crippen LogP contribution in [0.15, 0.2) is 83.9 Å². The monoisotopic (exact) mass is 530 g/mol. The summed E-state index contributed by atoms with van der Waals surface area (Å²) in [5, 5.41) is 14.4. The molecule has 0 radical (unpaired) electrons. The standard InChI is InChI=1S/C27H19FN4O5S/c1-16-23-26(29-15-31(27(23)34)14-17-6-5-7-18(28)10-17)38-24(16)25(33)30-19-11-20(32(35)36)13-22(12-19)37-21-8-3-2-4-9-21/h2-13,15H,14H2,1H3,(H,30,33). The van der Waals surface area contributed by atoms with Crippen molar-refractivity contribution in [2.24, 2.45) is 0 Å². The van der Waals surface area contributed by atoms with Crippen LogP contribution in [-0.2, 0) is 6.54 Å². The van der Waals surface area contributed by atoms with Gasteiger partial charge >= 0.3 is 0 Å². The first-order valence-corrected chi connectivity index (χ1v) is 12.2. The Balaban J connectivity index is 1.45. The van der Waals surface area contributed by atoms with Crippen LogP contribution in [0.1, 0.15) is 20.8 Å². The predicted octanol–water partition coefficient (Wildman–Crippen LogP) is 5.91. The van der Waals surface area contributed by atoms with E-state index in [9.17, 15) is 24.1 Å². The summed E-state index contributed by atoms with van der Waals surface area (Å²) in [4.78, 5) is 42.2. The van der Waals surface area contributed by atoms with Gasteiger partial charge in [-0.2, -0.15) is 0 Å². The van der Waals surface area contributed by atoms with Crippen molar-refractivity contribution in [2.45, 2.75) is 13.5 Å². The molecule has 0 aliphatic heterocycles. The number of amides is 1. The number of rotatable bonds is 7. The highest BCUT2D eigenvalue weighted by Gasteiger charge is 2.21. The van der Waals surface area contributed by atoms with Gasteiger partial charge in [0.25, 0.3) is 17.2 Å². The fourth-order valence-corrected chi connectivity index (χ4v) is 4.99. The van der Waals surface area contributed by atoms with Gasteiger partial charge in [0.2, 0.25) is 0 Å². The number of fused-ring (bicyclic) bond motifs is 1. The molecule has 190 valence electrons. The first-order chi connectivity index (χ1) is 18.3. The molecule has 0 unspecified atom stereocenters.